The number of benzene rings is 2. The summed E-state index contributed by atoms with van der Waals surface area (Å²) in [6.45, 7) is 3.51. The van der Waals surface area contributed by atoms with Crippen molar-refractivity contribution in [3.8, 4) is 11.5 Å². The number of ether oxygens (including phenoxy) is 2. The Morgan fingerprint density at radius 3 is 2.54 bits per heavy atom. The van der Waals surface area contributed by atoms with Crippen molar-refractivity contribution < 1.29 is 14.3 Å². The van der Waals surface area contributed by atoms with Gasteiger partial charge in [0.15, 0.2) is 0 Å². The van der Waals surface area contributed by atoms with Crippen molar-refractivity contribution in [1.29, 1.82) is 0 Å². The number of carbonyl (C=O) groups is 1. The highest BCUT2D eigenvalue weighted by atomic mass is 16.5. The van der Waals surface area contributed by atoms with E-state index < -0.39 is 0 Å². The molecule has 3 aliphatic rings. The first-order valence-corrected chi connectivity index (χ1v) is 10.2. The molecule has 0 aliphatic carbocycles. The lowest BCUT2D eigenvalue weighted by Crippen LogP contribution is -2.29. The van der Waals surface area contributed by atoms with Crippen molar-refractivity contribution in [3.63, 3.8) is 0 Å². The Hall–Kier alpha value is -2.89. The van der Waals surface area contributed by atoms with E-state index in [2.05, 4.69) is 27.7 Å². The van der Waals surface area contributed by atoms with Crippen LogP contribution in [0.1, 0.15) is 30.4 Å². The first-order valence-electron chi connectivity index (χ1n) is 10.2. The molecule has 6 nitrogen and oxygen atoms in total. The Bertz CT molecular complexity index is 857. The van der Waals surface area contributed by atoms with E-state index in [9.17, 15) is 4.79 Å². The van der Waals surface area contributed by atoms with Crippen LogP contribution in [0.15, 0.2) is 30.3 Å². The van der Waals surface area contributed by atoms with Crippen LogP contribution in [-0.4, -0.2) is 32.3 Å². The number of rotatable bonds is 3. The van der Waals surface area contributed by atoms with Crippen LogP contribution < -0.4 is 25.0 Å². The summed E-state index contributed by atoms with van der Waals surface area (Å²) in [7, 11) is 0. The molecule has 0 saturated carbocycles. The minimum Gasteiger partial charge on any atom is -0.493 e. The second kappa shape index (κ2) is 7.26. The van der Waals surface area contributed by atoms with Crippen LogP contribution in [0.5, 0.6) is 11.5 Å². The number of nitrogens with zero attached hydrogens (tertiary/aromatic N) is 1. The van der Waals surface area contributed by atoms with E-state index in [4.69, 9.17) is 9.47 Å². The zero-order valence-electron chi connectivity index (χ0n) is 15.9. The maximum Gasteiger partial charge on any atom is 0.323 e. The number of nitrogens with one attached hydrogen (secondary N) is 2. The number of hydrogen-bond donors (Lipinski definition) is 2. The van der Waals surface area contributed by atoms with Gasteiger partial charge >= 0.3 is 6.03 Å². The molecule has 2 N–H and O–H groups in total. The SMILES string of the molecule is O=C(Nc1ccc(N2CCCCC2)cc1)Nc1c2c(cc3c1OCC3)OCC2. The van der Waals surface area contributed by atoms with Gasteiger partial charge in [-0.25, -0.2) is 4.79 Å². The summed E-state index contributed by atoms with van der Waals surface area (Å²) in [5.41, 5.74) is 4.87. The first-order chi connectivity index (χ1) is 13.8. The maximum absolute atomic E-state index is 12.6. The Morgan fingerprint density at radius 2 is 1.71 bits per heavy atom. The highest BCUT2D eigenvalue weighted by Crippen LogP contribution is 2.44. The summed E-state index contributed by atoms with van der Waals surface area (Å²) in [5.74, 6) is 1.66. The highest BCUT2D eigenvalue weighted by Gasteiger charge is 2.27. The standard InChI is InChI=1S/C22H25N3O3/c26-22(23-16-4-6-17(7-5-16)25-10-2-1-3-11-25)24-20-18-9-13-27-19(18)14-15-8-12-28-21(15)20/h4-7,14H,1-3,8-13H2,(H2,23,24,26). The maximum atomic E-state index is 12.6. The Labute approximate surface area is 164 Å². The van der Waals surface area contributed by atoms with E-state index in [1.165, 1.54) is 24.9 Å². The number of piperidine rings is 1. The smallest absolute Gasteiger partial charge is 0.323 e. The molecular weight excluding hydrogens is 354 g/mol. The first kappa shape index (κ1) is 17.2. The normalized spacial score (nSPS) is 17.4. The van der Waals surface area contributed by atoms with Gasteiger partial charge in [-0.1, -0.05) is 0 Å². The number of fused-ring (bicyclic) bond motifs is 2. The molecule has 2 amide bonds. The number of urea groups is 1. The van der Waals surface area contributed by atoms with Crippen molar-refractivity contribution in [2.45, 2.75) is 32.1 Å². The van der Waals surface area contributed by atoms with Crippen molar-refractivity contribution in [1.82, 2.24) is 0 Å². The van der Waals surface area contributed by atoms with Gasteiger partial charge in [0.2, 0.25) is 0 Å². The van der Waals surface area contributed by atoms with Gasteiger partial charge in [0, 0.05) is 48.4 Å². The molecule has 0 aromatic heterocycles. The van der Waals surface area contributed by atoms with E-state index in [1.807, 2.05) is 18.2 Å². The van der Waals surface area contributed by atoms with Gasteiger partial charge in [-0.05, 0) is 49.6 Å². The number of carbonyl (C=O) groups excluding carboxylic acids is 1. The van der Waals surface area contributed by atoms with Crippen molar-refractivity contribution in [2.24, 2.45) is 0 Å². The van der Waals surface area contributed by atoms with Crippen LogP contribution >= 0.6 is 0 Å². The molecule has 1 saturated heterocycles. The predicted octanol–water partition coefficient (Wildman–Crippen LogP) is 4.19. The lowest BCUT2D eigenvalue weighted by molar-refractivity contribution is 0.262. The van der Waals surface area contributed by atoms with Gasteiger partial charge in [0.25, 0.3) is 0 Å². The molecule has 3 aliphatic heterocycles. The molecule has 3 heterocycles. The fourth-order valence-corrected chi connectivity index (χ4v) is 4.30. The molecular formula is C22H25N3O3. The van der Waals surface area contributed by atoms with Gasteiger partial charge in [0.05, 0.1) is 18.9 Å². The second-order valence-corrected chi connectivity index (χ2v) is 7.59. The van der Waals surface area contributed by atoms with Gasteiger partial charge in [-0.3, -0.25) is 0 Å². The third-order valence-corrected chi connectivity index (χ3v) is 5.74. The van der Waals surface area contributed by atoms with E-state index in [1.54, 1.807) is 0 Å². The van der Waals surface area contributed by atoms with Crippen molar-refractivity contribution >= 4 is 23.1 Å². The molecule has 2 aromatic carbocycles. The highest BCUT2D eigenvalue weighted by molar-refractivity contribution is 6.02. The van der Waals surface area contributed by atoms with E-state index >= 15 is 0 Å². The van der Waals surface area contributed by atoms with E-state index in [-0.39, 0.29) is 6.03 Å². The van der Waals surface area contributed by atoms with Gasteiger partial charge in [-0.15, -0.1) is 0 Å². The predicted molar refractivity (Wildman–Crippen MR) is 110 cm³/mol. The molecule has 1 fully saturated rings. The third-order valence-electron chi connectivity index (χ3n) is 5.74. The molecule has 0 radical (unpaired) electrons. The average molecular weight is 379 g/mol. The summed E-state index contributed by atoms with van der Waals surface area (Å²) >= 11 is 0. The number of hydrogen-bond acceptors (Lipinski definition) is 4. The van der Waals surface area contributed by atoms with Crippen LogP contribution in [0, 0.1) is 0 Å². The molecule has 5 rings (SSSR count). The lowest BCUT2D eigenvalue weighted by atomic mass is 10.0. The minimum absolute atomic E-state index is 0.260. The second-order valence-electron chi connectivity index (χ2n) is 7.59. The summed E-state index contributed by atoms with van der Waals surface area (Å²) in [5, 5.41) is 5.94. The van der Waals surface area contributed by atoms with Crippen molar-refractivity contribution in [2.75, 3.05) is 41.8 Å². The molecule has 6 heteroatoms. The van der Waals surface area contributed by atoms with E-state index in [0.717, 1.165) is 59.9 Å². The fourth-order valence-electron chi connectivity index (χ4n) is 4.30. The van der Waals surface area contributed by atoms with Gasteiger partial charge in [-0.2, -0.15) is 0 Å². The largest absolute Gasteiger partial charge is 0.493 e. The molecule has 0 bridgehead atoms. The molecule has 0 spiro atoms. The minimum atomic E-state index is -0.260. The molecule has 2 aromatic rings. The Kier molecular flexibility index (Phi) is 4.47. The van der Waals surface area contributed by atoms with E-state index in [0.29, 0.717) is 13.2 Å². The van der Waals surface area contributed by atoms with Crippen LogP contribution in [0.25, 0.3) is 0 Å². The van der Waals surface area contributed by atoms with Gasteiger partial charge < -0.3 is 25.0 Å². The van der Waals surface area contributed by atoms with Crippen LogP contribution in [0.2, 0.25) is 0 Å². The molecule has 0 atom stereocenters. The van der Waals surface area contributed by atoms with Crippen molar-refractivity contribution in [3.05, 3.63) is 41.5 Å². The van der Waals surface area contributed by atoms with Crippen LogP contribution in [0.4, 0.5) is 21.9 Å². The lowest BCUT2D eigenvalue weighted by Gasteiger charge is -2.28. The molecule has 146 valence electrons. The number of anilines is 3. The topological polar surface area (TPSA) is 62.8 Å². The Morgan fingerprint density at radius 1 is 0.929 bits per heavy atom. The zero-order chi connectivity index (χ0) is 18.9. The summed E-state index contributed by atoms with van der Waals surface area (Å²) < 4.78 is 11.5. The fraction of sp³-hybridized carbons (Fsp3) is 0.409. The zero-order valence-corrected chi connectivity index (χ0v) is 15.9. The molecule has 0 unspecified atom stereocenters. The van der Waals surface area contributed by atoms with Gasteiger partial charge in [0.1, 0.15) is 11.5 Å². The van der Waals surface area contributed by atoms with Crippen LogP contribution in [0.3, 0.4) is 0 Å². The van der Waals surface area contributed by atoms with Crippen LogP contribution in [-0.2, 0) is 12.8 Å². The monoisotopic (exact) mass is 379 g/mol. The number of amides is 2. The quantitative estimate of drug-likeness (QED) is 0.839. The summed E-state index contributed by atoms with van der Waals surface area (Å²) in [4.78, 5) is 15.0. The Balaban J connectivity index is 1.29. The summed E-state index contributed by atoms with van der Waals surface area (Å²) in [6.07, 6.45) is 5.45. The third kappa shape index (κ3) is 3.23. The average Bonchev–Trinajstić information content (AvgIpc) is 3.38. The summed E-state index contributed by atoms with van der Waals surface area (Å²) in [6, 6.07) is 9.87. The molecule has 28 heavy (non-hydrogen) atoms.